The molecule has 1 heterocycles. The van der Waals surface area contributed by atoms with E-state index in [1.807, 2.05) is 25.9 Å². The number of thioether (sulfide) groups is 1. The smallest absolute Gasteiger partial charge is 0.321 e. The fraction of sp³-hybridized carbons (Fsp3) is 0.462. The van der Waals surface area contributed by atoms with Crippen LogP contribution in [0.25, 0.3) is 0 Å². The first-order valence-corrected chi connectivity index (χ1v) is 6.83. The summed E-state index contributed by atoms with van der Waals surface area (Å²) in [6.07, 6.45) is 0. The van der Waals surface area contributed by atoms with Crippen LogP contribution in [0.3, 0.4) is 0 Å². The molecule has 2 atom stereocenters. The summed E-state index contributed by atoms with van der Waals surface area (Å²) in [7, 11) is 4.00. The lowest BCUT2D eigenvalue weighted by molar-refractivity contribution is -0.138. The van der Waals surface area contributed by atoms with Crippen molar-refractivity contribution in [2.45, 2.75) is 17.8 Å². The van der Waals surface area contributed by atoms with Gasteiger partial charge in [0.1, 0.15) is 6.04 Å². The molecule has 98 valence electrons. The third-order valence-corrected chi connectivity index (χ3v) is 4.65. The molecule has 0 saturated carbocycles. The van der Waals surface area contributed by atoms with E-state index < -0.39 is 12.0 Å². The first-order chi connectivity index (χ1) is 8.42. The van der Waals surface area contributed by atoms with Gasteiger partial charge in [0.05, 0.1) is 4.87 Å². The molecule has 2 rings (SSSR count). The molecule has 1 unspecified atom stereocenters. The standard InChI is InChI=1S/C13H18N2O2S/c1-13(14-11(8-18-13)12(16)17)9-4-6-10(7-5-9)15(2)3/h4-7,11,14H,8H2,1-3H3,(H,16,17)/t11-,13?/m1/s1. The Bertz CT molecular complexity index is 447. The monoisotopic (exact) mass is 266 g/mol. The van der Waals surface area contributed by atoms with Gasteiger partial charge in [-0.05, 0) is 24.6 Å². The molecule has 5 heteroatoms. The zero-order valence-corrected chi connectivity index (χ0v) is 11.6. The third kappa shape index (κ3) is 2.47. The fourth-order valence-electron chi connectivity index (χ4n) is 2.04. The molecular formula is C13H18N2O2S. The van der Waals surface area contributed by atoms with Crippen molar-refractivity contribution < 1.29 is 9.90 Å². The number of carboxylic acid groups (broad SMARTS) is 1. The van der Waals surface area contributed by atoms with Gasteiger partial charge in [-0.2, -0.15) is 0 Å². The van der Waals surface area contributed by atoms with Gasteiger partial charge in [-0.25, -0.2) is 0 Å². The molecule has 18 heavy (non-hydrogen) atoms. The van der Waals surface area contributed by atoms with Crippen LogP contribution in [0.1, 0.15) is 12.5 Å². The Hall–Kier alpha value is -1.20. The molecule has 2 N–H and O–H groups in total. The van der Waals surface area contributed by atoms with Gasteiger partial charge in [0.2, 0.25) is 0 Å². The summed E-state index contributed by atoms with van der Waals surface area (Å²) < 4.78 is 0. The molecule has 0 spiro atoms. The number of nitrogens with one attached hydrogen (secondary N) is 1. The summed E-state index contributed by atoms with van der Waals surface area (Å²) in [5.41, 5.74) is 2.25. The van der Waals surface area contributed by atoms with Crippen LogP contribution < -0.4 is 10.2 Å². The van der Waals surface area contributed by atoms with Gasteiger partial charge < -0.3 is 10.0 Å². The van der Waals surface area contributed by atoms with Gasteiger partial charge >= 0.3 is 5.97 Å². The summed E-state index contributed by atoms with van der Waals surface area (Å²) in [5.74, 6) is -0.183. The Morgan fingerprint density at radius 1 is 1.44 bits per heavy atom. The minimum Gasteiger partial charge on any atom is -0.480 e. The second kappa shape index (κ2) is 4.82. The average Bonchev–Trinajstić information content (AvgIpc) is 2.74. The summed E-state index contributed by atoms with van der Waals surface area (Å²) in [6.45, 7) is 2.03. The Morgan fingerprint density at radius 2 is 2.06 bits per heavy atom. The first kappa shape index (κ1) is 13.2. The lowest BCUT2D eigenvalue weighted by Crippen LogP contribution is -2.41. The van der Waals surface area contributed by atoms with Crippen LogP contribution in [0.5, 0.6) is 0 Å². The zero-order valence-electron chi connectivity index (χ0n) is 10.8. The molecule has 0 aliphatic carbocycles. The number of rotatable bonds is 3. The maximum absolute atomic E-state index is 11.0. The molecule has 0 amide bonds. The number of anilines is 1. The number of carbonyl (C=O) groups is 1. The van der Waals surface area contributed by atoms with E-state index in [-0.39, 0.29) is 4.87 Å². The van der Waals surface area contributed by atoms with Crippen molar-refractivity contribution in [2.75, 3.05) is 24.7 Å². The molecule has 1 aliphatic heterocycles. The number of hydrogen-bond donors (Lipinski definition) is 2. The quantitative estimate of drug-likeness (QED) is 0.872. The van der Waals surface area contributed by atoms with E-state index in [9.17, 15) is 4.79 Å². The van der Waals surface area contributed by atoms with Crippen LogP contribution in [0.15, 0.2) is 24.3 Å². The Kier molecular flexibility index (Phi) is 3.54. The van der Waals surface area contributed by atoms with Gasteiger partial charge in [-0.3, -0.25) is 10.1 Å². The van der Waals surface area contributed by atoms with E-state index in [2.05, 4.69) is 29.6 Å². The number of carboxylic acids is 1. The lowest BCUT2D eigenvalue weighted by Gasteiger charge is -2.25. The molecular weight excluding hydrogens is 248 g/mol. The number of aliphatic carboxylic acids is 1. The molecule has 1 saturated heterocycles. The van der Waals surface area contributed by atoms with Crippen molar-refractivity contribution in [2.24, 2.45) is 0 Å². The minimum absolute atomic E-state index is 0.312. The van der Waals surface area contributed by atoms with Crippen molar-refractivity contribution in [3.05, 3.63) is 29.8 Å². The van der Waals surface area contributed by atoms with Crippen LogP contribution >= 0.6 is 11.8 Å². The summed E-state index contributed by atoms with van der Waals surface area (Å²) in [5, 5.41) is 12.2. The third-order valence-electron chi connectivity index (χ3n) is 3.22. The van der Waals surface area contributed by atoms with Gasteiger partial charge in [-0.15, -0.1) is 11.8 Å². The Morgan fingerprint density at radius 3 is 2.50 bits per heavy atom. The van der Waals surface area contributed by atoms with Crippen molar-refractivity contribution in [3.63, 3.8) is 0 Å². The zero-order chi connectivity index (χ0) is 13.3. The maximum Gasteiger partial charge on any atom is 0.321 e. The van der Waals surface area contributed by atoms with Crippen LogP contribution in [-0.2, 0) is 9.67 Å². The van der Waals surface area contributed by atoms with E-state index in [0.717, 1.165) is 11.3 Å². The van der Waals surface area contributed by atoms with E-state index >= 15 is 0 Å². The van der Waals surface area contributed by atoms with Gasteiger partial charge in [0.25, 0.3) is 0 Å². The number of benzene rings is 1. The second-order valence-corrected chi connectivity index (χ2v) is 6.26. The van der Waals surface area contributed by atoms with E-state index in [4.69, 9.17) is 5.11 Å². The Labute approximate surface area is 111 Å². The van der Waals surface area contributed by atoms with Crippen molar-refractivity contribution in [1.29, 1.82) is 0 Å². The van der Waals surface area contributed by atoms with Gasteiger partial charge in [0, 0.05) is 25.5 Å². The number of nitrogens with zero attached hydrogens (tertiary/aromatic N) is 1. The van der Waals surface area contributed by atoms with Crippen LogP contribution in [0.4, 0.5) is 5.69 Å². The Balaban J connectivity index is 2.19. The van der Waals surface area contributed by atoms with Crippen molar-refractivity contribution in [1.82, 2.24) is 5.32 Å². The highest BCUT2D eigenvalue weighted by atomic mass is 32.2. The normalized spacial score (nSPS) is 27.2. The van der Waals surface area contributed by atoms with Crippen LogP contribution in [-0.4, -0.2) is 37.0 Å². The van der Waals surface area contributed by atoms with Crippen molar-refractivity contribution in [3.8, 4) is 0 Å². The highest BCUT2D eigenvalue weighted by molar-refractivity contribution is 8.00. The van der Waals surface area contributed by atoms with Crippen LogP contribution in [0.2, 0.25) is 0 Å². The second-order valence-electron chi connectivity index (χ2n) is 4.82. The molecule has 0 aromatic heterocycles. The molecule has 1 aliphatic rings. The van der Waals surface area contributed by atoms with E-state index in [1.54, 1.807) is 11.8 Å². The molecule has 1 fully saturated rings. The van der Waals surface area contributed by atoms with Gasteiger partial charge in [0.15, 0.2) is 0 Å². The predicted molar refractivity (Wildman–Crippen MR) is 75.1 cm³/mol. The van der Waals surface area contributed by atoms with Gasteiger partial charge in [-0.1, -0.05) is 12.1 Å². The fourth-order valence-corrected chi connectivity index (χ4v) is 3.30. The molecule has 0 radical (unpaired) electrons. The SMILES string of the molecule is CN(C)c1ccc(C2(C)N[C@@H](C(=O)O)CS2)cc1. The lowest BCUT2D eigenvalue weighted by atomic mass is 10.1. The molecule has 1 aromatic carbocycles. The molecule has 4 nitrogen and oxygen atoms in total. The summed E-state index contributed by atoms with van der Waals surface area (Å²) in [4.78, 5) is 12.7. The predicted octanol–water partition coefficient (Wildman–Crippen LogP) is 1.71. The summed E-state index contributed by atoms with van der Waals surface area (Å²) in [6, 6.07) is 7.75. The summed E-state index contributed by atoms with van der Waals surface area (Å²) >= 11 is 1.64. The highest BCUT2D eigenvalue weighted by Crippen LogP contribution is 2.39. The van der Waals surface area contributed by atoms with Crippen molar-refractivity contribution >= 4 is 23.4 Å². The topological polar surface area (TPSA) is 52.6 Å². The molecule has 1 aromatic rings. The first-order valence-electron chi connectivity index (χ1n) is 5.85. The molecule has 0 bridgehead atoms. The largest absolute Gasteiger partial charge is 0.480 e. The average molecular weight is 266 g/mol. The van der Waals surface area contributed by atoms with Crippen LogP contribution in [0, 0.1) is 0 Å². The van der Waals surface area contributed by atoms with E-state index in [1.165, 1.54) is 0 Å². The minimum atomic E-state index is -0.781. The van der Waals surface area contributed by atoms with E-state index in [0.29, 0.717) is 5.75 Å². The highest BCUT2D eigenvalue weighted by Gasteiger charge is 2.39. The number of hydrogen-bond acceptors (Lipinski definition) is 4. The maximum atomic E-state index is 11.0.